The van der Waals surface area contributed by atoms with E-state index in [2.05, 4.69) is 10.6 Å². The van der Waals surface area contributed by atoms with Crippen LogP contribution >= 0.6 is 0 Å². The summed E-state index contributed by atoms with van der Waals surface area (Å²) in [6.45, 7) is 3.16. The number of hydrogen-bond donors (Lipinski definition) is 2. The lowest BCUT2D eigenvalue weighted by molar-refractivity contribution is -0.135. The van der Waals surface area contributed by atoms with E-state index in [1.54, 1.807) is 42.5 Å². The summed E-state index contributed by atoms with van der Waals surface area (Å²) in [6, 6.07) is 13.6. The number of carbonyl (C=O) groups excluding carboxylic acids is 2. The van der Waals surface area contributed by atoms with Crippen molar-refractivity contribution < 1.29 is 19.1 Å². The molecule has 2 aromatic carbocycles. The van der Waals surface area contributed by atoms with Crippen molar-refractivity contribution in [3.63, 3.8) is 0 Å². The van der Waals surface area contributed by atoms with Crippen LogP contribution in [0.15, 0.2) is 42.5 Å². The Morgan fingerprint density at radius 3 is 2.50 bits per heavy atom. The Morgan fingerprint density at radius 1 is 1.04 bits per heavy atom. The molecule has 0 unspecified atom stereocenters. The Hall–Kier alpha value is -3.53. The van der Waals surface area contributed by atoms with Crippen molar-refractivity contribution in [3.05, 3.63) is 48.0 Å². The van der Waals surface area contributed by atoms with Crippen LogP contribution in [-0.4, -0.2) is 18.6 Å². The van der Waals surface area contributed by atoms with E-state index in [1.165, 1.54) is 13.8 Å². The largest absolute Gasteiger partial charge is 0.454 e. The smallest absolute Gasteiger partial charge is 0.239 e. The number of carbonyl (C=O) groups is 2. The summed E-state index contributed by atoms with van der Waals surface area (Å²) in [6.07, 6.45) is 0. The van der Waals surface area contributed by atoms with Gasteiger partial charge in [-0.2, -0.15) is 5.26 Å². The highest BCUT2D eigenvalue weighted by molar-refractivity contribution is 6.14. The number of nitriles is 1. The molecule has 7 heteroatoms. The summed E-state index contributed by atoms with van der Waals surface area (Å²) in [5.74, 6) is 0.142. The molecule has 1 heterocycles. The van der Waals surface area contributed by atoms with Gasteiger partial charge in [0.1, 0.15) is 11.5 Å². The Balaban J connectivity index is 1.73. The molecule has 0 saturated heterocycles. The molecule has 2 amide bonds. The molecule has 0 aromatic heterocycles. The molecule has 7 nitrogen and oxygen atoms in total. The van der Waals surface area contributed by atoms with E-state index in [-0.39, 0.29) is 6.79 Å². The second-order valence-electron chi connectivity index (χ2n) is 6.26. The third kappa shape index (κ3) is 3.30. The van der Waals surface area contributed by atoms with Gasteiger partial charge >= 0.3 is 0 Å². The minimum Gasteiger partial charge on any atom is -0.454 e. The van der Waals surface area contributed by atoms with E-state index >= 15 is 0 Å². The van der Waals surface area contributed by atoms with Crippen LogP contribution in [0.1, 0.15) is 19.4 Å². The highest BCUT2D eigenvalue weighted by Gasteiger charge is 2.36. The van der Waals surface area contributed by atoms with Gasteiger partial charge < -0.3 is 20.1 Å². The van der Waals surface area contributed by atoms with Crippen LogP contribution in [0.3, 0.4) is 0 Å². The van der Waals surface area contributed by atoms with E-state index in [1.807, 2.05) is 6.07 Å². The van der Waals surface area contributed by atoms with Crippen LogP contribution in [0.2, 0.25) is 0 Å². The molecule has 0 spiro atoms. The van der Waals surface area contributed by atoms with Crippen LogP contribution in [-0.2, 0) is 9.59 Å². The molecule has 0 saturated carbocycles. The number of ether oxygens (including phenoxy) is 2. The molecule has 0 radical (unpaired) electrons. The fraction of sp³-hybridized carbons (Fsp3) is 0.211. The van der Waals surface area contributed by atoms with Crippen molar-refractivity contribution in [2.45, 2.75) is 13.8 Å². The highest BCUT2D eigenvalue weighted by Crippen LogP contribution is 2.34. The monoisotopic (exact) mass is 351 g/mol. The quantitative estimate of drug-likeness (QED) is 0.825. The van der Waals surface area contributed by atoms with Crippen molar-refractivity contribution in [3.8, 4) is 17.6 Å². The minimum absolute atomic E-state index is 0.138. The van der Waals surface area contributed by atoms with Crippen molar-refractivity contribution in [1.82, 2.24) is 0 Å². The van der Waals surface area contributed by atoms with Crippen LogP contribution in [0.5, 0.6) is 11.5 Å². The van der Waals surface area contributed by atoms with Gasteiger partial charge in [0.05, 0.1) is 11.3 Å². The average molecular weight is 351 g/mol. The Bertz CT molecular complexity index is 915. The molecule has 132 valence electrons. The van der Waals surface area contributed by atoms with Gasteiger partial charge in [0.2, 0.25) is 18.6 Å². The third-order valence-electron chi connectivity index (χ3n) is 4.06. The number of benzene rings is 2. The predicted molar refractivity (Wildman–Crippen MR) is 94.8 cm³/mol. The zero-order valence-corrected chi connectivity index (χ0v) is 14.3. The van der Waals surface area contributed by atoms with Crippen LogP contribution < -0.4 is 20.1 Å². The highest BCUT2D eigenvalue weighted by atomic mass is 16.7. The zero-order valence-electron chi connectivity index (χ0n) is 14.3. The van der Waals surface area contributed by atoms with Crippen LogP contribution in [0.25, 0.3) is 0 Å². The lowest BCUT2D eigenvalue weighted by Crippen LogP contribution is -2.41. The van der Waals surface area contributed by atoms with E-state index in [0.717, 1.165) is 0 Å². The topological polar surface area (TPSA) is 100 Å². The molecule has 0 fully saturated rings. The Kier molecular flexibility index (Phi) is 4.50. The van der Waals surface area contributed by atoms with Crippen molar-refractivity contribution >= 4 is 23.2 Å². The van der Waals surface area contributed by atoms with Crippen molar-refractivity contribution in [2.75, 3.05) is 17.4 Å². The first kappa shape index (κ1) is 17.3. The minimum atomic E-state index is -1.36. The normalized spacial score (nSPS) is 12.2. The lowest BCUT2D eigenvalue weighted by Gasteiger charge is -2.23. The molecule has 2 N–H and O–H groups in total. The fourth-order valence-corrected chi connectivity index (χ4v) is 2.33. The first-order chi connectivity index (χ1) is 12.4. The summed E-state index contributed by atoms with van der Waals surface area (Å²) in [7, 11) is 0. The molecule has 1 aliphatic heterocycles. The average Bonchev–Trinajstić information content (AvgIpc) is 3.09. The molecule has 26 heavy (non-hydrogen) atoms. The van der Waals surface area contributed by atoms with Gasteiger partial charge in [-0.3, -0.25) is 9.59 Å². The van der Waals surface area contributed by atoms with Gasteiger partial charge in [-0.1, -0.05) is 12.1 Å². The maximum absolute atomic E-state index is 12.6. The molecule has 2 aromatic rings. The van der Waals surface area contributed by atoms with Gasteiger partial charge in [0, 0.05) is 11.8 Å². The Labute approximate surface area is 150 Å². The van der Waals surface area contributed by atoms with E-state index in [9.17, 15) is 9.59 Å². The number of hydrogen-bond acceptors (Lipinski definition) is 5. The van der Waals surface area contributed by atoms with Crippen molar-refractivity contribution in [1.29, 1.82) is 5.26 Å². The first-order valence-electron chi connectivity index (χ1n) is 7.93. The third-order valence-corrected chi connectivity index (χ3v) is 4.06. The van der Waals surface area contributed by atoms with Crippen LogP contribution in [0.4, 0.5) is 11.4 Å². The van der Waals surface area contributed by atoms with E-state index < -0.39 is 17.2 Å². The molecule has 0 bridgehead atoms. The van der Waals surface area contributed by atoms with E-state index in [4.69, 9.17) is 14.7 Å². The molecule has 0 aliphatic carbocycles. The number of fused-ring (bicyclic) bond motifs is 1. The first-order valence-corrected chi connectivity index (χ1v) is 7.93. The van der Waals surface area contributed by atoms with Gasteiger partial charge in [-0.05, 0) is 38.1 Å². The SMILES string of the molecule is CC(C)(C(=O)Nc1ccc2c(c1)OCO2)C(=O)Nc1ccccc1C#N. The predicted octanol–water partition coefficient (Wildman–Crippen LogP) is 2.89. The van der Waals surface area contributed by atoms with E-state index in [0.29, 0.717) is 28.4 Å². The lowest BCUT2D eigenvalue weighted by atomic mass is 9.90. The zero-order chi connectivity index (χ0) is 18.7. The number of anilines is 2. The molecule has 1 aliphatic rings. The fourth-order valence-electron chi connectivity index (χ4n) is 2.33. The summed E-state index contributed by atoms with van der Waals surface area (Å²) >= 11 is 0. The summed E-state index contributed by atoms with van der Waals surface area (Å²) in [5, 5.41) is 14.5. The van der Waals surface area contributed by atoms with Crippen molar-refractivity contribution in [2.24, 2.45) is 5.41 Å². The van der Waals surface area contributed by atoms with Gasteiger partial charge in [-0.15, -0.1) is 0 Å². The molecule has 0 atom stereocenters. The van der Waals surface area contributed by atoms with Gasteiger partial charge in [0.25, 0.3) is 0 Å². The van der Waals surface area contributed by atoms with Crippen LogP contribution in [0, 0.1) is 16.7 Å². The second-order valence-corrected chi connectivity index (χ2v) is 6.26. The molecular weight excluding hydrogens is 334 g/mol. The summed E-state index contributed by atoms with van der Waals surface area (Å²) in [4.78, 5) is 25.2. The summed E-state index contributed by atoms with van der Waals surface area (Å²) in [5.41, 5.74) is -0.173. The summed E-state index contributed by atoms with van der Waals surface area (Å²) < 4.78 is 10.5. The standard InChI is InChI=1S/C19H17N3O4/c1-19(2,18(24)22-14-6-4-3-5-12(14)10-20)17(23)21-13-7-8-15-16(9-13)26-11-25-15/h3-9H,11H2,1-2H3,(H,21,23)(H,22,24). The molecular formula is C19H17N3O4. The second kappa shape index (κ2) is 6.76. The number of para-hydroxylation sites is 1. The van der Waals surface area contributed by atoms with Gasteiger partial charge in [-0.25, -0.2) is 0 Å². The molecule has 3 rings (SSSR count). The number of rotatable bonds is 4. The maximum Gasteiger partial charge on any atom is 0.239 e. The number of amides is 2. The Morgan fingerprint density at radius 2 is 1.73 bits per heavy atom. The van der Waals surface area contributed by atoms with Gasteiger partial charge in [0.15, 0.2) is 11.5 Å². The maximum atomic E-state index is 12.6. The number of nitrogens with one attached hydrogen (secondary N) is 2. The number of nitrogens with zero attached hydrogens (tertiary/aromatic N) is 1.